The number of rotatable bonds is 2. The second-order valence-corrected chi connectivity index (χ2v) is 6.28. The summed E-state index contributed by atoms with van der Waals surface area (Å²) in [6.07, 6.45) is 7.44. The molecule has 0 amide bonds. The number of aryl methyl sites for hydroxylation is 1. The molecule has 1 aliphatic heterocycles. The average molecular weight is 343 g/mol. The number of ether oxygens (including phenoxy) is 1. The summed E-state index contributed by atoms with van der Waals surface area (Å²) in [5, 5.41) is 3.39. The van der Waals surface area contributed by atoms with Crippen molar-refractivity contribution in [1.29, 1.82) is 0 Å². The lowest BCUT2D eigenvalue weighted by atomic mass is 10.0. The summed E-state index contributed by atoms with van der Waals surface area (Å²) in [6, 6.07) is 10.1. The van der Waals surface area contributed by atoms with Crippen LogP contribution in [0.25, 0.3) is 28.3 Å². The van der Waals surface area contributed by atoms with Crippen LogP contribution in [-0.2, 0) is 0 Å². The molecule has 0 aliphatic carbocycles. The zero-order chi connectivity index (χ0) is 17.5. The Kier molecular flexibility index (Phi) is 3.35. The Morgan fingerprint density at radius 2 is 2.15 bits per heavy atom. The van der Waals surface area contributed by atoms with Gasteiger partial charge in [-0.3, -0.25) is 9.38 Å². The number of hydrogen-bond acceptors (Lipinski definition) is 5. The molecule has 0 saturated heterocycles. The van der Waals surface area contributed by atoms with Crippen LogP contribution in [0.4, 0.5) is 5.69 Å². The van der Waals surface area contributed by atoms with Gasteiger partial charge >= 0.3 is 0 Å². The lowest BCUT2D eigenvalue weighted by Crippen LogP contribution is -2.17. The summed E-state index contributed by atoms with van der Waals surface area (Å²) in [6.45, 7) is 3.55. The second-order valence-electron chi connectivity index (χ2n) is 6.28. The minimum atomic E-state index is 0.677. The molecule has 0 fully saturated rings. The Labute approximate surface area is 150 Å². The number of fused-ring (bicyclic) bond motifs is 2. The number of pyridine rings is 1. The SMILES string of the molecule is Cc1cnccc1-c1c(-c2ccc3c(c2)NCCO3)nc2ncccn12. The molecule has 4 heterocycles. The molecular formula is C20H17N5O. The maximum Gasteiger partial charge on any atom is 0.234 e. The highest BCUT2D eigenvalue weighted by Gasteiger charge is 2.19. The molecule has 0 spiro atoms. The Bertz CT molecular complexity index is 1120. The molecule has 0 saturated carbocycles. The number of hydrogen-bond donors (Lipinski definition) is 1. The average Bonchev–Trinajstić information content (AvgIpc) is 3.07. The third kappa shape index (κ3) is 2.30. The van der Waals surface area contributed by atoms with Crippen molar-refractivity contribution in [3.63, 3.8) is 0 Å². The topological polar surface area (TPSA) is 64.3 Å². The fraction of sp³-hybridized carbons (Fsp3) is 0.150. The number of anilines is 1. The zero-order valence-corrected chi connectivity index (χ0v) is 14.3. The number of nitrogens with one attached hydrogen (secondary N) is 1. The summed E-state index contributed by atoms with van der Waals surface area (Å²) < 4.78 is 7.73. The smallest absolute Gasteiger partial charge is 0.234 e. The molecule has 6 heteroatoms. The summed E-state index contributed by atoms with van der Waals surface area (Å²) >= 11 is 0. The van der Waals surface area contributed by atoms with E-state index < -0.39 is 0 Å². The molecule has 0 radical (unpaired) electrons. The Morgan fingerprint density at radius 3 is 3.08 bits per heavy atom. The van der Waals surface area contributed by atoms with Gasteiger partial charge in [-0.1, -0.05) is 0 Å². The predicted octanol–water partition coefficient (Wildman–Crippen LogP) is 3.57. The lowest BCUT2D eigenvalue weighted by Gasteiger charge is -2.19. The molecule has 0 bridgehead atoms. The van der Waals surface area contributed by atoms with Crippen molar-refractivity contribution in [1.82, 2.24) is 19.4 Å². The van der Waals surface area contributed by atoms with E-state index in [1.807, 2.05) is 47.3 Å². The van der Waals surface area contributed by atoms with Gasteiger partial charge < -0.3 is 10.1 Å². The molecule has 26 heavy (non-hydrogen) atoms. The molecule has 1 aromatic carbocycles. The van der Waals surface area contributed by atoms with Gasteiger partial charge in [0.2, 0.25) is 5.78 Å². The van der Waals surface area contributed by atoms with Gasteiger partial charge in [-0.2, -0.15) is 0 Å². The number of aromatic nitrogens is 4. The van der Waals surface area contributed by atoms with E-state index in [1.54, 1.807) is 6.20 Å². The van der Waals surface area contributed by atoms with Crippen molar-refractivity contribution in [2.45, 2.75) is 6.92 Å². The molecule has 0 atom stereocenters. The van der Waals surface area contributed by atoms with Gasteiger partial charge in [0.25, 0.3) is 0 Å². The first kappa shape index (κ1) is 14.9. The van der Waals surface area contributed by atoms with E-state index in [1.165, 1.54) is 0 Å². The molecule has 5 rings (SSSR count). The van der Waals surface area contributed by atoms with Crippen LogP contribution in [0, 0.1) is 6.92 Å². The summed E-state index contributed by atoms with van der Waals surface area (Å²) in [5.74, 6) is 1.55. The fourth-order valence-corrected chi connectivity index (χ4v) is 3.37. The first-order valence-electron chi connectivity index (χ1n) is 8.56. The standard InChI is InChI=1S/C20H17N5O/c1-13-12-21-7-5-15(13)19-18(24-20-23-6-2-9-25(19)20)14-3-4-17-16(11-14)22-8-10-26-17/h2-7,9,11-12,22H,8,10H2,1H3. The minimum Gasteiger partial charge on any atom is -0.490 e. The van der Waals surface area contributed by atoms with Crippen LogP contribution in [0.5, 0.6) is 5.75 Å². The number of benzene rings is 1. The van der Waals surface area contributed by atoms with Gasteiger partial charge in [0, 0.05) is 42.5 Å². The Hall–Kier alpha value is -3.41. The largest absolute Gasteiger partial charge is 0.490 e. The molecular weight excluding hydrogens is 326 g/mol. The fourth-order valence-electron chi connectivity index (χ4n) is 3.37. The normalized spacial score (nSPS) is 13.1. The van der Waals surface area contributed by atoms with Crippen LogP contribution in [0.2, 0.25) is 0 Å². The van der Waals surface area contributed by atoms with Gasteiger partial charge in [0.1, 0.15) is 12.4 Å². The highest BCUT2D eigenvalue weighted by Crippen LogP contribution is 2.37. The lowest BCUT2D eigenvalue weighted by molar-refractivity contribution is 0.323. The van der Waals surface area contributed by atoms with Gasteiger partial charge in [-0.25, -0.2) is 9.97 Å². The quantitative estimate of drug-likeness (QED) is 0.603. The molecule has 0 unspecified atom stereocenters. The Balaban J connectivity index is 1.78. The van der Waals surface area contributed by atoms with Crippen molar-refractivity contribution in [2.75, 3.05) is 18.5 Å². The van der Waals surface area contributed by atoms with E-state index in [9.17, 15) is 0 Å². The van der Waals surface area contributed by atoms with Crippen molar-refractivity contribution in [3.8, 4) is 28.3 Å². The van der Waals surface area contributed by atoms with Crippen LogP contribution < -0.4 is 10.1 Å². The van der Waals surface area contributed by atoms with E-state index >= 15 is 0 Å². The van der Waals surface area contributed by atoms with E-state index in [0.717, 1.165) is 46.1 Å². The third-order valence-corrected chi connectivity index (χ3v) is 4.61. The van der Waals surface area contributed by atoms with Crippen LogP contribution in [0.15, 0.2) is 55.1 Å². The van der Waals surface area contributed by atoms with Crippen molar-refractivity contribution >= 4 is 11.5 Å². The van der Waals surface area contributed by atoms with E-state index in [0.29, 0.717) is 12.4 Å². The maximum absolute atomic E-state index is 5.70. The maximum atomic E-state index is 5.70. The molecule has 1 N–H and O–H groups in total. The highest BCUT2D eigenvalue weighted by molar-refractivity contribution is 5.84. The number of imidazole rings is 1. The van der Waals surface area contributed by atoms with E-state index in [-0.39, 0.29) is 0 Å². The zero-order valence-electron chi connectivity index (χ0n) is 14.3. The first-order valence-corrected chi connectivity index (χ1v) is 8.56. The molecule has 4 aromatic rings. The van der Waals surface area contributed by atoms with E-state index in [2.05, 4.69) is 28.3 Å². The van der Waals surface area contributed by atoms with Gasteiger partial charge in [-0.05, 0) is 42.8 Å². The summed E-state index contributed by atoms with van der Waals surface area (Å²) in [7, 11) is 0. The third-order valence-electron chi connectivity index (χ3n) is 4.61. The van der Waals surface area contributed by atoms with Gasteiger partial charge in [0.05, 0.1) is 17.1 Å². The van der Waals surface area contributed by atoms with Crippen molar-refractivity contribution < 1.29 is 4.74 Å². The van der Waals surface area contributed by atoms with Crippen LogP contribution >= 0.6 is 0 Å². The minimum absolute atomic E-state index is 0.677. The van der Waals surface area contributed by atoms with Crippen LogP contribution in [0.1, 0.15) is 5.56 Å². The molecule has 1 aliphatic rings. The Morgan fingerprint density at radius 1 is 1.19 bits per heavy atom. The van der Waals surface area contributed by atoms with Gasteiger partial charge in [0.15, 0.2) is 0 Å². The first-order chi connectivity index (χ1) is 12.8. The summed E-state index contributed by atoms with van der Waals surface area (Å²) in [4.78, 5) is 13.5. The number of nitrogens with zero attached hydrogens (tertiary/aromatic N) is 4. The van der Waals surface area contributed by atoms with Gasteiger partial charge in [-0.15, -0.1) is 0 Å². The van der Waals surface area contributed by atoms with Crippen molar-refractivity contribution in [2.24, 2.45) is 0 Å². The molecule has 6 nitrogen and oxygen atoms in total. The van der Waals surface area contributed by atoms with Crippen LogP contribution in [0.3, 0.4) is 0 Å². The molecule has 128 valence electrons. The molecule has 3 aromatic heterocycles. The van der Waals surface area contributed by atoms with Crippen molar-refractivity contribution in [3.05, 3.63) is 60.7 Å². The second kappa shape index (κ2) is 5.84. The predicted molar refractivity (Wildman–Crippen MR) is 100 cm³/mol. The highest BCUT2D eigenvalue weighted by atomic mass is 16.5. The van der Waals surface area contributed by atoms with Crippen LogP contribution in [-0.4, -0.2) is 32.5 Å². The van der Waals surface area contributed by atoms with E-state index in [4.69, 9.17) is 9.72 Å². The monoisotopic (exact) mass is 343 g/mol. The summed E-state index contributed by atoms with van der Waals surface area (Å²) in [5.41, 5.74) is 6.13.